The van der Waals surface area contributed by atoms with Crippen molar-refractivity contribution < 1.29 is 57.5 Å². The number of rotatable bonds is 50. The van der Waals surface area contributed by atoms with Crippen LogP contribution in [0.25, 0.3) is 10.9 Å². The predicted molar refractivity (Wildman–Crippen MR) is 419 cm³/mol. The average molecular weight is 1540 g/mol. The number of benzene rings is 1. The summed E-state index contributed by atoms with van der Waals surface area (Å²) in [6.07, 6.45) is 3.04. The van der Waals surface area contributed by atoms with E-state index >= 15 is 0 Å². The number of fused-ring (bicyclic) bond motifs is 1. The first-order chi connectivity index (χ1) is 51.1. The number of guanidine groups is 4. The summed E-state index contributed by atoms with van der Waals surface area (Å²) in [4.78, 5) is 189. The summed E-state index contributed by atoms with van der Waals surface area (Å²) < 4.78 is 0. The van der Waals surface area contributed by atoms with Gasteiger partial charge in [-0.25, -0.2) is 0 Å². The third-order valence-electron chi connectivity index (χ3n) is 18.3. The van der Waals surface area contributed by atoms with Crippen LogP contribution in [0.3, 0.4) is 0 Å². The summed E-state index contributed by atoms with van der Waals surface area (Å²) in [5.74, 6) is -13.0. The van der Waals surface area contributed by atoms with Gasteiger partial charge in [0, 0.05) is 49.7 Å². The van der Waals surface area contributed by atoms with Crippen molar-refractivity contribution in [2.75, 3.05) is 26.2 Å². The van der Waals surface area contributed by atoms with Crippen molar-refractivity contribution in [3.05, 3.63) is 36.0 Å². The maximum absolute atomic E-state index is 15.0. The number of aromatic nitrogens is 1. The Morgan fingerprint density at radius 2 is 0.706 bits per heavy atom. The molecule has 0 aliphatic carbocycles. The van der Waals surface area contributed by atoms with Crippen molar-refractivity contribution in [2.24, 2.45) is 113 Å². The number of primary amides is 1. The first-order valence-electron chi connectivity index (χ1n) is 37.3. The normalized spacial score (nSPS) is 15.1. The number of carbonyl (C=O) groups is 12. The van der Waals surface area contributed by atoms with E-state index in [1.165, 1.54) is 6.92 Å². The molecule has 12 amide bonds. The quantitative estimate of drug-likeness (QED) is 0.0172. The van der Waals surface area contributed by atoms with E-state index in [1.54, 1.807) is 87.6 Å². The fraction of sp³-hybridized carbons (Fsp3) is 0.662. The lowest BCUT2D eigenvalue weighted by Crippen LogP contribution is -2.62. The molecule has 0 fully saturated rings. The highest BCUT2D eigenvalue weighted by atomic mass is 16.2. The van der Waals surface area contributed by atoms with Gasteiger partial charge in [0.1, 0.15) is 66.5 Å². The van der Waals surface area contributed by atoms with Gasteiger partial charge in [-0.2, -0.15) is 0 Å². The largest absolute Gasteiger partial charge is 0.370 e. The molecule has 1 aromatic carbocycles. The molecule has 32 N–H and O–H groups in total. The van der Waals surface area contributed by atoms with Crippen LogP contribution in [0, 0.1) is 35.5 Å². The monoisotopic (exact) mass is 1540 g/mol. The van der Waals surface area contributed by atoms with E-state index in [9.17, 15) is 57.5 Å². The third-order valence-corrected chi connectivity index (χ3v) is 18.3. The van der Waals surface area contributed by atoms with E-state index in [1.807, 2.05) is 26.0 Å². The molecule has 2 aromatic rings. The zero-order valence-electron chi connectivity index (χ0n) is 65.6. The predicted octanol–water partition coefficient (Wildman–Crippen LogP) is -3.80. The van der Waals surface area contributed by atoms with Crippen LogP contribution >= 0.6 is 0 Å². The molecule has 0 saturated carbocycles. The number of hydrogen-bond acceptors (Lipinski definition) is 17. The summed E-state index contributed by atoms with van der Waals surface area (Å²) >= 11 is 0. The van der Waals surface area contributed by atoms with E-state index in [4.69, 9.17) is 57.3 Å². The molecule has 0 bridgehead atoms. The van der Waals surface area contributed by atoms with Gasteiger partial charge in [-0.3, -0.25) is 77.5 Å². The maximum atomic E-state index is 15.0. The average Bonchev–Trinajstić information content (AvgIpc) is 1.44. The van der Waals surface area contributed by atoms with Crippen LogP contribution in [0.1, 0.15) is 166 Å². The Bertz CT molecular complexity index is 3450. The number of aliphatic imine (C=N–C) groups is 4. The minimum Gasteiger partial charge on any atom is -0.370 e. The fourth-order valence-electron chi connectivity index (χ4n) is 11.3. The Morgan fingerprint density at radius 3 is 1.12 bits per heavy atom. The maximum Gasteiger partial charge on any atom is 0.243 e. The van der Waals surface area contributed by atoms with Crippen molar-refractivity contribution in [2.45, 2.75) is 240 Å². The summed E-state index contributed by atoms with van der Waals surface area (Å²) in [5, 5.41) is 30.7. The van der Waals surface area contributed by atoms with Crippen LogP contribution in [0.15, 0.2) is 50.4 Å². The highest BCUT2D eigenvalue weighted by Gasteiger charge is 2.39. The number of nitrogens with zero attached hydrogens (tertiary/aromatic N) is 4. The third kappa shape index (κ3) is 34.1. The molecule has 0 saturated heterocycles. The molecular formula is C71H126N26O12. The first-order valence-corrected chi connectivity index (χ1v) is 37.3. The van der Waals surface area contributed by atoms with E-state index < -0.39 is 167 Å². The molecule has 38 heteroatoms. The number of H-pyrrole nitrogens is 1. The van der Waals surface area contributed by atoms with Crippen LogP contribution < -0.4 is 116 Å². The Kier molecular flexibility index (Phi) is 41.6. The second-order valence-corrected chi connectivity index (χ2v) is 29.0. The van der Waals surface area contributed by atoms with Gasteiger partial charge in [0.2, 0.25) is 70.9 Å². The molecule has 1 aromatic heterocycles. The van der Waals surface area contributed by atoms with Gasteiger partial charge in [-0.05, 0) is 112 Å². The summed E-state index contributed by atoms with van der Waals surface area (Å²) in [6, 6.07) is -8.15. The minimum atomic E-state index is -1.44. The van der Waals surface area contributed by atoms with Crippen LogP contribution in [0.4, 0.5) is 0 Å². The highest BCUT2D eigenvalue weighted by Crippen LogP contribution is 2.21. The number of carbonyl (C=O) groups excluding carboxylic acids is 12. The van der Waals surface area contributed by atoms with Crippen molar-refractivity contribution in [1.82, 2.24) is 63.5 Å². The van der Waals surface area contributed by atoms with Gasteiger partial charge in [-0.15, -0.1) is 0 Å². The van der Waals surface area contributed by atoms with Crippen molar-refractivity contribution in [1.29, 1.82) is 0 Å². The topological polar surface area (TPSA) is 663 Å². The summed E-state index contributed by atoms with van der Waals surface area (Å²) in [5.41, 5.74) is 57.4. The number of nitrogens with one attached hydrogen (secondary N) is 12. The molecule has 612 valence electrons. The zero-order valence-corrected chi connectivity index (χ0v) is 65.6. The Labute approximate surface area is 638 Å². The Balaban J connectivity index is 2.52. The number of amides is 12. The Morgan fingerprint density at radius 1 is 0.376 bits per heavy atom. The van der Waals surface area contributed by atoms with E-state index in [2.05, 4.69) is 83.4 Å². The van der Waals surface area contributed by atoms with Gasteiger partial charge in [-0.1, -0.05) is 114 Å². The smallest absolute Gasteiger partial charge is 0.243 e. The molecule has 38 nitrogen and oxygen atoms in total. The fourth-order valence-corrected chi connectivity index (χ4v) is 11.3. The van der Waals surface area contributed by atoms with Crippen LogP contribution in [-0.4, -0.2) is 198 Å². The van der Waals surface area contributed by atoms with Crippen LogP contribution in [0.2, 0.25) is 0 Å². The Hall–Kier alpha value is -10.6. The van der Waals surface area contributed by atoms with E-state index in [-0.39, 0.29) is 126 Å². The molecular weight excluding hydrogens is 1410 g/mol. The van der Waals surface area contributed by atoms with Crippen molar-refractivity contribution >= 4 is 106 Å². The SMILES string of the molecule is CC[C@H](C)[C@H](NC(=O)[C@H](CCCN=C(N)N)NC(=O)[C@@H](NC(=O)[C@H](C)NC(=O)[C@@H](NC(=O)[C@@H](NC(=O)[C@H](CC(C)C)NC(=O)[C@H](CCCN=C(N)N)NC(=O)[C@@H](N)C(C)C)[C@@H](C)CC)C(C)C)C(C)C)C(=O)N[C@@H](Cc1c[nH]c2ccccc12)C(=O)N[C@@H](CCCN=C(N)N)C(=O)N[C@@H](CCCN=C(N)N)C(N)=O. The lowest BCUT2D eigenvalue weighted by molar-refractivity contribution is -0.137. The van der Waals surface area contributed by atoms with Gasteiger partial charge in [0.25, 0.3) is 0 Å². The van der Waals surface area contributed by atoms with Crippen LogP contribution in [-0.2, 0) is 64.0 Å². The van der Waals surface area contributed by atoms with Gasteiger partial charge in [0.15, 0.2) is 23.8 Å². The molecule has 1 heterocycles. The summed E-state index contributed by atoms with van der Waals surface area (Å²) in [7, 11) is 0. The van der Waals surface area contributed by atoms with E-state index in [0.29, 0.717) is 29.3 Å². The van der Waals surface area contributed by atoms with Gasteiger partial charge < -0.3 is 121 Å². The zero-order chi connectivity index (χ0) is 82.5. The molecule has 0 radical (unpaired) electrons. The van der Waals surface area contributed by atoms with Gasteiger partial charge >= 0.3 is 0 Å². The lowest BCUT2D eigenvalue weighted by atomic mass is 9.95. The molecule has 14 atom stereocenters. The van der Waals surface area contributed by atoms with Crippen molar-refractivity contribution in [3.63, 3.8) is 0 Å². The molecule has 109 heavy (non-hydrogen) atoms. The second-order valence-electron chi connectivity index (χ2n) is 29.0. The number of aromatic amines is 1. The number of hydrogen-bond donors (Lipinski definition) is 22. The second kappa shape index (κ2) is 48.0. The molecule has 0 aliphatic heterocycles. The van der Waals surface area contributed by atoms with Crippen molar-refractivity contribution in [3.8, 4) is 0 Å². The summed E-state index contributed by atoms with van der Waals surface area (Å²) in [6.45, 7) is 22.4. The molecule has 0 spiro atoms. The minimum absolute atomic E-state index is 0.00626. The molecule has 0 aliphatic rings. The lowest BCUT2D eigenvalue weighted by Gasteiger charge is -2.31. The first kappa shape index (κ1) is 94.5. The molecule has 0 unspecified atom stereocenters. The standard InChI is InChI=1S/C71H126N26O12/c1-14-39(11)54(66(108)93-50(33-42-34-86-44-23-17-16-22-43(42)44)61(103)89-46(25-19-29-83-69(76)77)58(100)88-45(56(73)98)24-18-28-82-68(74)75)96-60(102)48(27-21-31-85-71(80)81)91-65(107)53(38(9)10)94-57(99)41(13)87-64(106)52(37(7)8)95-67(109)55(40(12)15-2)97-62(104)49(32-35(3)4)92-59(101)47(26-20-30-84-70(78)79)90-63(105)51(72)36(5)6/h16-17,22-23,34-41,45-55,86H,14-15,18-21,24-33,72H2,1-13H3,(H2,73,98)(H,87,106)(H,88,100)(H,89,103)(H,90,105)(H,91,107)(H,92,101)(H,93,108)(H,94,99)(H,95,109)(H,96,102)(H,97,104)(H4,74,75,82)(H4,76,77,83)(H4,78,79,84)(H4,80,81,85)/t39-,40-,41-,45-,46-,47-,48-,49-,50-,51-,52-,53-,54-,55-/m0/s1. The number of nitrogens with two attached hydrogens (primary N) is 10. The number of para-hydroxylation sites is 1. The van der Waals surface area contributed by atoms with Crippen LogP contribution in [0.5, 0.6) is 0 Å². The van der Waals surface area contributed by atoms with E-state index in [0.717, 1.165) is 0 Å². The van der Waals surface area contributed by atoms with Gasteiger partial charge in [0.05, 0.1) is 6.04 Å². The molecule has 2 rings (SSSR count). The highest BCUT2D eigenvalue weighted by molar-refractivity contribution is 6.00.